The van der Waals surface area contributed by atoms with E-state index in [1.165, 1.54) is 22.1 Å². The fourth-order valence-corrected chi connectivity index (χ4v) is 6.30. The van der Waals surface area contributed by atoms with Crippen LogP contribution in [0, 0.1) is 0 Å². The molecule has 5 rings (SSSR count). The van der Waals surface area contributed by atoms with Crippen LogP contribution in [0.1, 0.15) is 32.1 Å². The van der Waals surface area contributed by atoms with Gasteiger partial charge in [0.25, 0.3) is 5.56 Å². The highest BCUT2D eigenvalue weighted by Crippen LogP contribution is 2.30. The summed E-state index contributed by atoms with van der Waals surface area (Å²) in [5.41, 5.74) is 1.18. The predicted octanol–water partition coefficient (Wildman–Crippen LogP) is 3.60. The Kier molecular flexibility index (Phi) is 6.05. The zero-order chi connectivity index (χ0) is 22.1. The average Bonchev–Trinajstić information content (AvgIpc) is 3.27. The fourth-order valence-electron chi connectivity index (χ4n) is 4.24. The van der Waals surface area contributed by atoms with E-state index in [0.717, 1.165) is 53.9 Å². The van der Waals surface area contributed by atoms with Gasteiger partial charge in [0.2, 0.25) is 5.95 Å². The van der Waals surface area contributed by atoms with Gasteiger partial charge in [0.1, 0.15) is 0 Å². The number of aromatic amines is 1. The van der Waals surface area contributed by atoms with E-state index in [1.54, 1.807) is 30.1 Å². The van der Waals surface area contributed by atoms with Crippen LogP contribution in [0.25, 0.3) is 21.4 Å². The molecule has 0 bridgehead atoms. The molecule has 1 aliphatic rings. The minimum Gasteiger partial charge on any atom is -0.342 e. The maximum absolute atomic E-state index is 12.7. The highest BCUT2D eigenvalue weighted by molar-refractivity contribution is 8.01. The summed E-state index contributed by atoms with van der Waals surface area (Å²) in [6.45, 7) is 2.52. The zero-order valence-corrected chi connectivity index (χ0v) is 19.7. The Labute approximate surface area is 193 Å². The molecular weight excluding hydrogens is 444 g/mol. The van der Waals surface area contributed by atoms with Gasteiger partial charge in [-0.3, -0.25) is 14.3 Å². The van der Waals surface area contributed by atoms with Crippen LogP contribution in [0.3, 0.4) is 0 Å². The lowest BCUT2D eigenvalue weighted by molar-refractivity contribution is 0.662. The lowest BCUT2D eigenvalue weighted by Gasteiger charge is -2.22. The number of hydrogen-bond donors (Lipinski definition) is 1. The predicted molar refractivity (Wildman–Crippen MR) is 131 cm³/mol. The number of aryl methyl sites for hydroxylation is 2. The summed E-state index contributed by atoms with van der Waals surface area (Å²) in [6.07, 6.45) is 5.54. The van der Waals surface area contributed by atoms with Crippen molar-refractivity contribution in [3.8, 4) is 0 Å². The van der Waals surface area contributed by atoms with Gasteiger partial charge >= 0.3 is 5.69 Å². The Balaban J connectivity index is 1.40. The molecule has 4 aromatic rings. The standard InChI is InChI=1S/C22H26N6O2S2/c1-26-18-17(19(29)25-21(26)30)28(20(24-18)27-11-6-2-3-7-12-27)13-8-14-31-22-23-15-9-4-5-10-16(15)32-22/h4-5,9-10H,2-3,6-8,11-14H2,1H3,(H,25,29,30). The first-order valence-electron chi connectivity index (χ1n) is 11.0. The van der Waals surface area contributed by atoms with E-state index in [1.807, 2.05) is 22.8 Å². The number of fused-ring (bicyclic) bond motifs is 2. The Morgan fingerprint density at radius 3 is 2.66 bits per heavy atom. The van der Waals surface area contributed by atoms with Gasteiger partial charge in [-0.25, -0.2) is 9.78 Å². The molecule has 0 atom stereocenters. The topological polar surface area (TPSA) is 88.8 Å². The van der Waals surface area contributed by atoms with Gasteiger partial charge in [-0.15, -0.1) is 11.3 Å². The monoisotopic (exact) mass is 470 g/mol. The third-order valence-electron chi connectivity index (χ3n) is 5.90. The van der Waals surface area contributed by atoms with Crippen molar-refractivity contribution in [2.24, 2.45) is 7.05 Å². The molecule has 32 heavy (non-hydrogen) atoms. The van der Waals surface area contributed by atoms with Crippen molar-refractivity contribution in [3.05, 3.63) is 45.1 Å². The van der Waals surface area contributed by atoms with E-state index >= 15 is 0 Å². The summed E-state index contributed by atoms with van der Waals surface area (Å²) in [5, 5.41) is 0. The van der Waals surface area contributed by atoms with Crippen molar-refractivity contribution in [2.45, 2.75) is 43.0 Å². The Hall–Kier alpha value is -2.59. The van der Waals surface area contributed by atoms with Gasteiger partial charge in [-0.1, -0.05) is 36.7 Å². The second-order valence-corrected chi connectivity index (χ2v) is 10.5. The van der Waals surface area contributed by atoms with Crippen LogP contribution in [0.2, 0.25) is 0 Å². The minimum absolute atomic E-state index is 0.365. The molecule has 0 spiro atoms. The fraction of sp³-hybridized carbons (Fsp3) is 0.455. The van der Waals surface area contributed by atoms with E-state index in [-0.39, 0.29) is 5.56 Å². The van der Waals surface area contributed by atoms with E-state index in [0.29, 0.717) is 17.7 Å². The summed E-state index contributed by atoms with van der Waals surface area (Å²) >= 11 is 3.46. The minimum atomic E-state index is -0.430. The number of hydrogen-bond acceptors (Lipinski definition) is 7. The molecule has 1 fully saturated rings. The van der Waals surface area contributed by atoms with Crippen LogP contribution >= 0.6 is 23.1 Å². The molecular formula is C22H26N6O2S2. The number of H-pyrrole nitrogens is 1. The maximum Gasteiger partial charge on any atom is 0.329 e. The Morgan fingerprint density at radius 1 is 1.09 bits per heavy atom. The second kappa shape index (κ2) is 9.11. The third kappa shape index (κ3) is 4.09. The first kappa shape index (κ1) is 21.3. The molecule has 4 heterocycles. The van der Waals surface area contributed by atoms with Crippen LogP contribution < -0.4 is 16.1 Å². The number of benzene rings is 1. The normalized spacial score (nSPS) is 15.0. The molecule has 1 saturated heterocycles. The second-order valence-electron chi connectivity index (χ2n) is 8.10. The van der Waals surface area contributed by atoms with E-state index in [2.05, 4.69) is 16.0 Å². The zero-order valence-electron chi connectivity index (χ0n) is 18.0. The van der Waals surface area contributed by atoms with Gasteiger partial charge in [-0.2, -0.15) is 4.98 Å². The Morgan fingerprint density at radius 2 is 1.88 bits per heavy atom. The molecule has 0 unspecified atom stereocenters. The first-order valence-corrected chi connectivity index (χ1v) is 12.8. The van der Waals surface area contributed by atoms with Crippen molar-refractivity contribution in [1.82, 2.24) is 24.1 Å². The van der Waals surface area contributed by atoms with Crippen molar-refractivity contribution in [2.75, 3.05) is 23.7 Å². The van der Waals surface area contributed by atoms with E-state index in [4.69, 9.17) is 9.97 Å². The van der Waals surface area contributed by atoms with Gasteiger partial charge in [0.15, 0.2) is 15.5 Å². The summed E-state index contributed by atoms with van der Waals surface area (Å²) in [5.74, 6) is 1.70. The van der Waals surface area contributed by atoms with Crippen LogP contribution in [0.4, 0.5) is 5.95 Å². The van der Waals surface area contributed by atoms with Crippen molar-refractivity contribution < 1.29 is 0 Å². The number of thiazole rings is 1. The molecule has 1 aliphatic heterocycles. The van der Waals surface area contributed by atoms with Crippen molar-refractivity contribution in [3.63, 3.8) is 0 Å². The highest BCUT2D eigenvalue weighted by Gasteiger charge is 2.22. The summed E-state index contributed by atoms with van der Waals surface area (Å²) in [6, 6.07) is 8.18. The van der Waals surface area contributed by atoms with E-state index < -0.39 is 5.69 Å². The summed E-state index contributed by atoms with van der Waals surface area (Å²) in [4.78, 5) is 39.1. The van der Waals surface area contributed by atoms with E-state index in [9.17, 15) is 9.59 Å². The summed E-state index contributed by atoms with van der Waals surface area (Å²) < 4.78 is 5.71. The van der Waals surface area contributed by atoms with Crippen LogP contribution in [0.15, 0.2) is 38.2 Å². The summed E-state index contributed by atoms with van der Waals surface area (Å²) in [7, 11) is 1.66. The number of nitrogens with zero attached hydrogens (tertiary/aromatic N) is 5. The molecule has 168 valence electrons. The number of para-hydroxylation sites is 1. The largest absolute Gasteiger partial charge is 0.342 e. The van der Waals surface area contributed by atoms with Gasteiger partial charge < -0.3 is 9.47 Å². The SMILES string of the molecule is Cn1c(=O)[nH]c(=O)c2c1nc(N1CCCCCC1)n2CCCSc1nc2ccccc2s1. The average molecular weight is 471 g/mol. The third-order valence-corrected chi connectivity index (χ3v) is 8.17. The Bertz CT molecular complexity index is 1330. The number of imidazole rings is 1. The van der Waals surface area contributed by atoms with Gasteiger partial charge in [-0.05, 0) is 31.4 Å². The first-order chi connectivity index (χ1) is 15.6. The molecule has 10 heteroatoms. The van der Waals surface area contributed by atoms with Crippen LogP contribution in [-0.2, 0) is 13.6 Å². The molecule has 0 radical (unpaired) electrons. The lowest BCUT2D eigenvalue weighted by Crippen LogP contribution is -2.30. The van der Waals surface area contributed by atoms with Gasteiger partial charge in [0, 0.05) is 32.4 Å². The number of thioether (sulfide) groups is 1. The molecule has 8 nitrogen and oxygen atoms in total. The lowest BCUT2D eigenvalue weighted by atomic mass is 10.2. The number of anilines is 1. The molecule has 1 N–H and O–H groups in total. The highest BCUT2D eigenvalue weighted by atomic mass is 32.2. The van der Waals surface area contributed by atoms with Crippen LogP contribution in [0.5, 0.6) is 0 Å². The quantitative estimate of drug-likeness (QED) is 0.342. The smallest absolute Gasteiger partial charge is 0.329 e. The van der Waals surface area contributed by atoms with Gasteiger partial charge in [0.05, 0.1) is 10.2 Å². The molecule has 1 aromatic carbocycles. The molecule has 0 amide bonds. The molecule has 0 aliphatic carbocycles. The number of aromatic nitrogens is 5. The molecule has 3 aromatic heterocycles. The number of nitrogens with one attached hydrogen (secondary N) is 1. The van der Waals surface area contributed by atoms with Crippen molar-refractivity contribution >= 4 is 50.4 Å². The van der Waals surface area contributed by atoms with Crippen LogP contribution in [-0.4, -0.2) is 42.9 Å². The van der Waals surface area contributed by atoms with Crippen molar-refractivity contribution in [1.29, 1.82) is 0 Å². The maximum atomic E-state index is 12.7. The molecule has 0 saturated carbocycles. The number of rotatable bonds is 6.